The van der Waals surface area contributed by atoms with E-state index in [1.807, 2.05) is 0 Å². The first kappa shape index (κ1) is 23.1. The van der Waals surface area contributed by atoms with E-state index < -0.39 is 27.7 Å². The van der Waals surface area contributed by atoms with E-state index in [2.05, 4.69) is 10.4 Å². The lowest BCUT2D eigenvalue weighted by Gasteiger charge is -2.25. The monoisotopic (exact) mass is 481 g/mol. The van der Waals surface area contributed by atoms with Gasteiger partial charge in [0, 0.05) is 38.7 Å². The highest BCUT2D eigenvalue weighted by Crippen LogP contribution is 2.33. The number of amides is 1. The molecule has 3 heterocycles. The summed E-state index contributed by atoms with van der Waals surface area (Å²) in [7, 11) is -2.27. The maximum atomic E-state index is 13.3. The molecule has 1 aliphatic rings. The molecule has 1 fully saturated rings. The standard InChI is InChI=1S/C21H22F3N5O3S/c1-27-14-16(33(31,32)28-9-3-2-4-10-28)13-19(27)20(30)26-17-12-15(21(22,23)24)6-7-18(17)29-11-5-8-25-29/h5-8,11-14H,2-4,9-10H2,1H3,(H,26,30). The molecular formula is C21H22F3N5O3S. The van der Waals surface area contributed by atoms with Crippen LogP contribution in [0.4, 0.5) is 18.9 Å². The van der Waals surface area contributed by atoms with Crippen molar-refractivity contribution in [2.24, 2.45) is 7.05 Å². The number of alkyl halides is 3. The fraction of sp³-hybridized carbons (Fsp3) is 0.333. The lowest BCUT2D eigenvalue weighted by atomic mass is 10.1. The highest BCUT2D eigenvalue weighted by molar-refractivity contribution is 7.89. The van der Waals surface area contributed by atoms with E-state index in [0.717, 1.165) is 31.4 Å². The van der Waals surface area contributed by atoms with Gasteiger partial charge in [-0.05, 0) is 43.2 Å². The summed E-state index contributed by atoms with van der Waals surface area (Å²) in [4.78, 5) is 12.9. The van der Waals surface area contributed by atoms with Crippen molar-refractivity contribution in [3.63, 3.8) is 0 Å². The number of nitrogens with one attached hydrogen (secondary N) is 1. The van der Waals surface area contributed by atoms with E-state index in [9.17, 15) is 26.4 Å². The predicted molar refractivity (Wildman–Crippen MR) is 115 cm³/mol. The number of rotatable bonds is 5. The van der Waals surface area contributed by atoms with Crippen molar-refractivity contribution in [3.05, 3.63) is 60.2 Å². The van der Waals surface area contributed by atoms with Gasteiger partial charge >= 0.3 is 6.18 Å². The average molecular weight is 482 g/mol. The number of piperidine rings is 1. The number of anilines is 1. The second-order valence-corrected chi connectivity index (χ2v) is 9.71. The highest BCUT2D eigenvalue weighted by atomic mass is 32.2. The first-order valence-electron chi connectivity index (χ1n) is 10.3. The molecule has 1 amide bonds. The van der Waals surface area contributed by atoms with Crippen molar-refractivity contribution in [2.45, 2.75) is 30.3 Å². The lowest BCUT2D eigenvalue weighted by molar-refractivity contribution is -0.137. The van der Waals surface area contributed by atoms with Crippen molar-refractivity contribution in [1.29, 1.82) is 0 Å². The normalized spacial score (nSPS) is 15.5. The Bertz CT molecular complexity index is 1260. The van der Waals surface area contributed by atoms with Gasteiger partial charge in [-0.2, -0.15) is 22.6 Å². The number of hydrogen-bond acceptors (Lipinski definition) is 4. The van der Waals surface area contributed by atoms with Gasteiger partial charge in [-0.15, -0.1) is 0 Å². The zero-order valence-corrected chi connectivity index (χ0v) is 18.5. The minimum Gasteiger partial charge on any atom is -0.345 e. The van der Waals surface area contributed by atoms with Crippen molar-refractivity contribution in [1.82, 2.24) is 18.7 Å². The Morgan fingerprint density at radius 3 is 2.48 bits per heavy atom. The topological polar surface area (TPSA) is 89.2 Å². The quantitative estimate of drug-likeness (QED) is 0.603. The molecule has 1 aliphatic heterocycles. The van der Waals surface area contributed by atoms with Crippen LogP contribution in [0.25, 0.3) is 5.69 Å². The number of carbonyl (C=O) groups excluding carboxylic acids is 1. The number of carbonyl (C=O) groups is 1. The zero-order valence-electron chi connectivity index (χ0n) is 17.7. The van der Waals surface area contributed by atoms with Gasteiger partial charge in [0.1, 0.15) is 10.6 Å². The third kappa shape index (κ3) is 4.67. The minimum atomic E-state index is -4.61. The molecule has 1 saturated heterocycles. The SMILES string of the molecule is Cn1cc(S(=O)(=O)N2CCCCC2)cc1C(=O)Nc1cc(C(F)(F)F)ccc1-n1cccn1. The second kappa shape index (κ2) is 8.67. The van der Waals surface area contributed by atoms with Crippen molar-refractivity contribution < 1.29 is 26.4 Å². The van der Waals surface area contributed by atoms with E-state index >= 15 is 0 Å². The molecule has 1 aromatic carbocycles. The summed E-state index contributed by atoms with van der Waals surface area (Å²) in [5.41, 5.74) is -0.819. The number of halogens is 3. The Morgan fingerprint density at radius 1 is 1.12 bits per heavy atom. The Labute approximate surface area is 188 Å². The van der Waals surface area contributed by atoms with Gasteiger partial charge < -0.3 is 9.88 Å². The summed E-state index contributed by atoms with van der Waals surface area (Å²) < 4.78 is 69.7. The van der Waals surface area contributed by atoms with Crippen LogP contribution in [0, 0.1) is 0 Å². The maximum Gasteiger partial charge on any atom is 0.416 e. The van der Waals surface area contributed by atoms with Crippen LogP contribution in [0.5, 0.6) is 0 Å². The summed E-state index contributed by atoms with van der Waals surface area (Å²) >= 11 is 0. The number of nitrogens with zero attached hydrogens (tertiary/aromatic N) is 4. The molecule has 4 rings (SSSR count). The molecule has 0 bridgehead atoms. The first-order valence-corrected chi connectivity index (χ1v) is 11.7. The molecule has 0 radical (unpaired) electrons. The van der Waals surface area contributed by atoms with Crippen LogP contribution in [0.15, 0.2) is 53.8 Å². The van der Waals surface area contributed by atoms with Gasteiger partial charge in [-0.1, -0.05) is 6.42 Å². The Kier molecular flexibility index (Phi) is 6.06. The van der Waals surface area contributed by atoms with Gasteiger partial charge in [0.25, 0.3) is 5.91 Å². The summed E-state index contributed by atoms with van der Waals surface area (Å²) in [6.07, 6.45) is 2.21. The fourth-order valence-corrected chi connectivity index (χ4v) is 5.35. The van der Waals surface area contributed by atoms with Gasteiger partial charge in [-0.25, -0.2) is 13.1 Å². The summed E-state index contributed by atoms with van der Waals surface area (Å²) in [5, 5.41) is 6.50. The maximum absolute atomic E-state index is 13.3. The van der Waals surface area contributed by atoms with Crippen LogP contribution in [-0.4, -0.2) is 46.1 Å². The van der Waals surface area contributed by atoms with Crippen molar-refractivity contribution >= 4 is 21.6 Å². The number of benzene rings is 1. The molecule has 2 aromatic heterocycles. The molecule has 0 saturated carbocycles. The molecule has 0 aliphatic carbocycles. The molecule has 33 heavy (non-hydrogen) atoms. The smallest absolute Gasteiger partial charge is 0.345 e. The van der Waals surface area contributed by atoms with Crippen LogP contribution in [0.3, 0.4) is 0 Å². The van der Waals surface area contributed by atoms with Gasteiger partial charge in [-0.3, -0.25) is 4.79 Å². The van der Waals surface area contributed by atoms with E-state index in [4.69, 9.17) is 0 Å². The van der Waals surface area contributed by atoms with Crippen molar-refractivity contribution in [3.8, 4) is 5.69 Å². The van der Waals surface area contributed by atoms with Crippen LogP contribution >= 0.6 is 0 Å². The predicted octanol–water partition coefficient (Wildman–Crippen LogP) is 3.66. The zero-order chi connectivity index (χ0) is 23.8. The number of aryl methyl sites for hydroxylation is 1. The van der Waals surface area contributed by atoms with E-state index in [1.165, 1.54) is 51.3 Å². The lowest BCUT2D eigenvalue weighted by Crippen LogP contribution is -2.35. The third-order valence-corrected chi connectivity index (χ3v) is 7.35. The van der Waals surface area contributed by atoms with E-state index in [-0.39, 0.29) is 22.0 Å². The largest absolute Gasteiger partial charge is 0.416 e. The average Bonchev–Trinajstić information content (AvgIpc) is 3.44. The summed E-state index contributed by atoms with van der Waals surface area (Å²) in [6, 6.07) is 5.77. The molecule has 0 spiro atoms. The minimum absolute atomic E-state index is 0.00517. The first-order chi connectivity index (χ1) is 15.6. The molecule has 12 heteroatoms. The van der Waals surface area contributed by atoms with E-state index in [0.29, 0.717) is 13.1 Å². The van der Waals surface area contributed by atoms with E-state index in [1.54, 1.807) is 6.07 Å². The molecule has 8 nitrogen and oxygen atoms in total. The Hall–Kier alpha value is -3.12. The molecular weight excluding hydrogens is 459 g/mol. The summed E-state index contributed by atoms with van der Waals surface area (Å²) in [5.74, 6) is -0.745. The van der Waals surface area contributed by atoms with Crippen LogP contribution in [0.2, 0.25) is 0 Å². The molecule has 3 aromatic rings. The third-order valence-electron chi connectivity index (χ3n) is 5.49. The van der Waals surface area contributed by atoms with Gasteiger partial charge in [0.05, 0.1) is 16.9 Å². The molecule has 0 unspecified atom stereocenters. The number of hydrogen-bond donors (Lipinski definition) is 1. The van der Waals surface area contributed by atoms with Gasteiger partial charge in [0.15, 0.2) is 0 Å². The van der Waals surface area contributed by atoms with Crippen LogP contribution < -0.4 is 5.32 Å². The molecule has 1 N–H and O–H groups in total. The molecule has 176 valence electrons. The van der Waals surface area contributed by atoms with Crippen molar-refractivity contribution in [2.75, 3.05) is 18.4 Å². The highest BCUT2D eigenvalue weighted by Gasteiger charge is 2.32. The second-order valence-electron chi connectivity index (χ2n) is 7.77. The van der Waals surface area contributed by atoms with Gasteiger partial charge in [0.2, 0.25) is 10.0 Å². The molecule has 0 atom stereocenters. The van der Waals surface area contributed by atoms with Crippen LogP contribution in [0.1, 0.15) is 35.3 Å². The van der Waals surface area contributed by atoms with Crippen LogP contribution in [-0.2, 0) is 23.2 Å². The fourth-order valence-electron chi connectivity index (χ4n) is 3.77. The number of sulfonamides is 1. The summed E-state index contributed by atoms with van der Waals surface area (Å²) in [6.45, 7) is 0.826. The Balaban J connectivity index is 1.66. The number of aromatic nitrogens is 3. The Morgan fingerprint density at radius 2 is 1.85 bits per heavy atom.